The zero-order valence-electron chi connectivity index (χ0n) is 19.4. The normalized spacial score (nSPS) is 12.3. The van der Waals surface area contributed by atoms with Gasteiger partial charge >= 0.3 is 12.0 Å². The van der Waals surface area contributed by atoms with Crippen molar-refractivity contribution in [3.8, 4) is 0 Å². The number of nitrogens with two attached hydrogens (primary N) is 1. The summed E-state index contributed by atoms with van der Waals surface area (Å²) < 4.78 is 4.93. The Kier molecular flexibility index (Phi) is 11.4. The van der Waals surface area contributed by atoms with Crippen LogP contribution in [0.25, 0.3) is 0 Å². The number of rotatable bonds is 12. The highest BCUT2D eigenvalue weighted by molar-refractivity contribution is 5.98. The second-order valence-electron chi connectivity index (χ2n) is 7.88. The molecular weight excluding hydrogens is 430 g/mol. The van der Waals surface area contributed by atoms with E-state index in [9.17, 15) is 24.0 Å². The first-order valence-corrected chi connectivity index (χ1v) is 10.6. The molecule has 1 rings (SSSR count). The van der Waals surface area contributed by atoms with Gasteiger partial charge in [0.05, 0.1) is 0 Å². The lowest BCUT2D eigenvalue weighted by Gasteiger charge is -2.25. The minimum absolute atomic E-state index is 0.120. The fourth-order valence-corrected chi connectivity index (χ4v) is 2.90. The molecule has 0 fully saturated rings. The van der Waals surface area contributed by atoms with E-state index < -0.39 is 35.9 Å². The van der Waals surface area contributed by atoms with E-state index in [1.165, 1.54) is 13.8 Å². The number of primary amides is 1. The van der Waals surface area contributed by atoms with E-state index in [0.29, 0.717) is 12.1 Å². The monoisotopic (exact) mass is 463 g/mol. The number of anilines is 1. The first-order chi connectivity index (χ1) is 15.5. The Balaban J connectivity index is 2.87. The van der Waals surface area contributed by atoms with Gasteiger partial charge in [-0.1, -0.05) is 26.0 Å². The summed E-state index contributed by atoms with van der Waals surface area (Å²) in [5.41, 5.74) is 6.29. The third kappa shape index (κ3) is 11.0. The van der Waals surface area contributed by atoms with Gasteiger partial charge in [-0.3, -0.25) is 19.2 Å². The Labute approximate surface area is 193 Å². The molecule has 0 saturated heterocycles. The number of urea groups is 1. The van der Waals surface area contributed by atoms with E-state index >= 15 is 0 Å². The van der Waals surface area contributed by atoms with E-state index in [1.807, 2.05) is 0 Å². The van der Waals surface area contributed by atoms with Gasteiger partial charge in [0.15, 0.2) is 0 Å². The van der Waals surface area contributed by atoms with Crippen molar-refractivity contribution in [3.63, 3.8) is 0 Å². The Morgan fingerprint density at radius 3 is 2.12 bits per heavy atom. The summed E-state index contributed by atoms with van der Waals surface area (Å²) in [6.45, 7) is 6.55. The Hall–Kier alpha value is -3.63. The average Bonchev–Trinajstić information content (AvgIpc) is 2.72. The van der Waals surface area contributed by atoms with E-state index in [1.54, 1.807) is 38.1 Å². The molecule has 0 aliphatic heterocycles. The summed E-state index contributed by atoms with van der Waals surface area (Å²) in [6.07, 6.45) is 0.613. The predicted molar refractivity (Wildman–Crippen MR) is 122 cm³/mol. The van der Waals surface area contributed by atoms with E-state index in [4.69, 9.17) is 10.5 Å². The van der Waals surface area contributed by atoms with Crippen LogP contribution < -0.4 is 27.0 Å². The van der Waals surface area contributed by atoms with Gasteiger partial charge in [-0.15, -0.1) is 0 Å². The van der Waals surface area contributed by atoms with Crippen LogP contribution in [0.3, 0.4) is 0 Å². The Bertz CT molecular complexity index is 840. The van der Waals surface area contributed by atoms with Gasteiger partial charge in [0.2, 0.25) is 17.7 Å². The fourth-order valence-electron chi connectivity index (χ4n) is 2.90. The maximum atomic E-state index is 12.9. The standard InChI is InChI=1S/C22H33N5O6/c1-13(2)19(25-14(3)28)21(31)27-18(6-5-11-24-22(23)32)20(30)26-17-9-7-16(8-10-17)12-33-15(4)29/h7-10,13,18-19H,5-6,11-12H2,1-4H3,(H,25,28)(H,26,30)(H,27,31)(H3,23,24,32)/t18-,19-/m0/s1. The molecule has 0 spiro atoms. The van der Waals surface area contributed by atoms with E-state index in [2.05, 4.69) is 21.3 Å². The van der Waals surface area contributed by atoms with Crippen LogP contribution in [0.15, 0.2) is 24.3 Å². The molecule has 0 bridgehead atoms. The fraction of sp³-hybridized carbons (Fsp3) is 0.500. The molecule has 5 amide bonds. The van der Waals surface area contributed by atoms with Crippen LogP contribution in [-0.2, 0) is 30.5 Å². The summed E-state index contributed by atoms with van der Waals surface area (Å²) in [5.74, 6) is -1.89. The second kappa shape index (κ2) is 13.7. The van der Waals surface area contributed by atoms with Crippen molar-refractivity contribution < 1.29 is 28.7 Å². The highest BCUT2D eigenvalue weighted by Crippen LogP contribution is 2.12. The molecule has 0 aliphatic rings. The number of carbonyl (C=O) groups is 5. The highest BCUT2D eigenvalue weighted by atomic mass is 16.5. The van der Waals surface area contributed by atoms with Gasteiger partial charge in [-0.05, 0) is 36.5 Å². The first kappa shape index (κ1) is 27.4. The van der Waals surface area contributed by atoms with Gasteiger partial charge in [0, 0.05) is 26.1 Å². The van der Waals surface area contributed by atoms with E-state index in [-0.39, 0.29) is 31.4 Å². The molecule has 0 aliphatic carbocycles. The number of esters is 1. The molecule has 11 heteroatoms. The molecule has 0 saturated carbocycles. The summed E-state index contributed by atoms with van der Waals surface area (Å²) in [6, 6.07) is 4.31. The number of hydrogen-bond acceptors (Lipinski definition) is 6. The van der Waals surface area contributed by atoms with Crippen LogP contribution in [0.1, 0.15) is 46.1 Å². The Morgan fingerprint density at radius 2 is 1.61 bits per heavy atom. The molecule has 0 unspecified atom stereocenters. The lowest BCUT2D eigenvalue weighted by atomic mass is 10.0. The molecule has 0 aromatic heterocycles. The molecule has 0 heterocycles. The third-order valence-electron chi connectivity index (χ3n) is 4.57. The quantitative estimate of drug-likeness (QED) is 0.227. The molecule has 0 radical (unpaired) electrons. The van der Waals surface area contributed by atoms with Gasteiger partial charge in [0.25, 0.3) is 0 Å². The number of ether oxygens (including phenoxy) is 1. The van der Waals surface area contributed by atoms with Gasteiger partial charge < -0.3 is 31.7 Å². The SMILES string of the molecule is CC(=O)N[C@H](C(=O)N[C@@H](CCCNC(N)=O)C(=O)Nc1ccc(COC(C)=O)cc1)C(C)C. The molecule has 2 atom stereocenters. The largest absolute Gasteiger partial charge is 0.461 e. The molecule has 1 aromatic carbocycles. The number of carbonyl (C=O) groups excluding carboxylic acids is 5. The molecule has 182 valence electrons. The van der Waals surface area contributed by atoms with Crippen molar-refractivity contribution in [2.45, 2.75) is 59.2 Å². The van der Waals surface area contributed by atoms with Crippen LogP contribution >= 0.6 is 0 Å². The van der Waals surface area contributed by atoms with Crippen LogP contribution in [0.4, 0.5) is 10.5 Å². The summed E-state index contributed by atoms with van der Waals surface area (Å²) in [4.78, 5) is 58.9. The smallest absolute Gasteiger partial charge is 0.312 e. The van der Waals surface area contributed by atoms with Crippen LogP contribution in [0.5, 0.6) is 0 Å². The zero-order chi connectivity index (χ0) is 25.0. The molecule has 6 N–H and O–H groups in total. The van der Waals surface area contributed by atoms with Crippen LogP contribution in [0.2, 0.25) is 0 Å². The lowest BCUT2D eigenvalue weighted by Crippen LogP contribution is -2.54. The minimum Gasteiger partial charge on any atom is -0.461 e. The number of hydrogen-bond donors (Lipinski definition) is 5. The van der Waals surface area contributed by atoms with Crippen molar-refractivity contribution in [2.75, 3.05) is 11.9 Å². The van der Waals surface area contributed by atoms with Crippen molar-refractivity contribution in [3.05, 3.63) is 29.8 Å². The number of nitrogens with one attached hydrogen (secondary N) is 4. The summed E-state index contributed by atoms with van der Waals surface area (Å²) in [7, 11) is 0. The highest BCUT2D eigenvalue weighted by Gasteiger charge is 2.28. The molecular formula is C22H33N5O6. The topological polar surface area (TPSA) is 169 Å². The lowest BCUT2D eigenvalue weighted by molar-refractivity contribution is -0.142. The summed E-state index contributed by atoms with van der Waals surface area (Å²) >= 11 is 0. The maximum absolute atomic E-state index is 12.9. The Morgan fingerprint density at radius 1 is 0.970 bits per heavy atom. The summed E-state index contributed by atoms with van der Waals surface area (Å²) in [5, 5.41) is 10.5. The van der Waals surface area contributed by atoms with E-state index in [0.717, 1.165) is 5.56 Å². The van der Waals surface area contributed by atoms with Crippen molar-refractivity contribution in [1.82, 2.24) is 16.0 Å². The van der Waals surface area contributed by atoms with Gasteiger partial charge in [-0.25, -0.2) is 4.79 Å². The average molecular weight is 464 g/mol. The third-order valence-corrected chi connectivity index (χ3v) is 4.57. The van der Waals surface area contributed by atoms with Crippen molar-refractivity contribution in [1.29, 1.82) is 0 Å². The van der Waals surface area contributed by atoms with Crippen LogP contribution in [-0.4, -0.2) is 48.4 Å². The zero-order valence-corrected chi connectivity index (χ0v) is 19.4. The molecule has 1 aromatic rings. The number of amides is 5. The van der Waals surface area contributed by atoms with Crippen LogP contribution in [0, 0.1) is 5.92 Å². The molecule has 33 heavy (non-hydrogen) atoms. The molecule has 11 nitrogen and oxygen atoms in total. The first-order valence-electron chi connectivity index (χ1n) is 10.6. The second-order valence-corrected chi connectivity index (χ2v) is 7.88. The van der Waals surface area contributed by atoms with Crippen molar-refractivity contribution in [2.24, 2.45) is 11.7 Å². The van der Waals surface area contributed by atoms with Gasteiger partial charge in [-0.2, -0.15) is 0 Å². The predicted octanol–water partition coefficient (Wildman–Crippen LogP) is 0.782. The maximum Gasteiger partial charge on any atom is 0.312 e. The number of benzene rings is 1. The van der Waals surface area contributed by atoms with Crippen molar-refractivity contribution >= 4 is 35.4 Å². The minimum atomic E-state index is -0.914. The van der Waals surface area contributed by atoms with Gasteiger partial charge in [0.1, 0.15) is 18.7 Å².